The molecule has 0 radical (unpaired) electrons. The standard InChI is InChI=1S/C17H11Cl2N3/c1-11-3-2-4-14(7-11)22-17(9-13(10-20)21-22)15-6-5-12(18)8-16(15)19/h2-9H,1H3. The van der Waals surface area contributed by atoms with E-state index in [-0.39, 0.29) is 0 Å². The van der Waals surface area contributed by atoms with Crippen molar-refractivity contribution in [3.8, 4) is 23.0 Å². The number of hydrogen-bond acceptors (Lipinski definition) is 2. The fraction of sp³-hybridized carbons (Fsp3) is 0.0588. The van der Waals surface area contributed by atoms with Gasteiger partial charge < -0.3 is 0 Å². The molecule has 0 atom stereocenters. The highest BCUT2D eigenvalue weighted by molar-refractivity contribution is 6.36. The molecule has 1 aromatic heterocycles. The molecule has 3 rings (SSSR count). The first-order chi connectivity index (χ1) is 10.6. The van der Waals surface area contributed by atoms with Crippen LogP contribution in [0.25, 0.3) is 16.9 Å². The monoisotopic (exact) mass is 327 g/mol. The Balaban J connectivity index is 2.24. The Bertz CT molecular complexity index is 891. The van der Waals surface area contributed by atoms with E-state index >= 15 is 0 Å². The van der Waals surface area contributed by atoms with Gasteiger partial charge in [0.05, 0.1) is 16.4 Å². The van der Waals surface area contributed by atoms with Crippen LogP contribution in [0.1, 0.15) is 11.3 Å². The Morgan fingerprint density at radius 2 is 1.91 bits per heavy atom. The normalized spacial score (nSPS) is 10.5. The first-order valence-electron chi connectivity index (χ1n) is 6.61. The van der Waals surface area contributed by atoms with Crippen molar-refractivity contribution in [1.82, 2.24) is 9.78 Å². The number of nitriles is 1. The van der Waals surface area contributed by atoms with Gasteiger partial charge in [0.15, 0.2) is 5.69 Å². The van der Waals surface area contributed by atoms with Gasteiger partial charge in [-0.25, -0.2) is 4.68 Å². The van der Waals surface area contributed by atoms with Crippen LogP contribution in [0.5, 0.6) is 0 Å². The van der Waals surface area contributed by atoms with Gasteiger partial charge in [-0.05, 0) is 42.8 Å². The van der Waals surface area contributed by atoms with E-state index in [0.29, 0.717) is 15.7 Å². The highest BCUT2D eigenvalue weighted by Crippen LogP contribution is 2.32. The first kappa shape index (κ1) is 14.6. The minimum Gasteiger partial charge on any atom is -0.232 e. The number of nitrogens with zero attached hydrogens (tertiary/aromatic N) is 3. The van der Waals surface area contributed by atoms with E-state index in [1.165, 1.54) is 0 Å². The summed E-state index contributed by atoms with van der Waals surface area (Å²) in [4.78, 5) is 0. The summed E-state index contributed by atoms with van der Waals surface area (Å²) in [5.41, 5.74) is 3.86. The second-order valence-electron chi connectivity index (χ2n) is 4.90. The molecule has 0 aliphatic heterocycles. The maximum absolute atomic E-state index is 9.16. The molecule has 0 aliphatic rings. The Hall–Kier alpha value is -2.28. The summed E-state index contributed by atoms with van der Waals surface area (Å²) < 4.78 is 1.72. The van der Waals surface area contributed by atoms with E-state index in [9.17, 15) is 0 Å². The molecule has 5 heteroatoms. The van der Waals surface area contributed by atoms with Crippen LogP contribution in [0, 0.1) is 18.3 Å². The summed E-state index contributed by atoms with van der Waals surface area (Å²) in [6, 6.07) is 17.0. The van der Waals surface area contributed by atoms with Crippen LogP contribution in [0.2, 0.25) is 10.0 Å². The number of benzene rings is 2. The van der Waals surface area contributed by atoms with E-state index in [0.717, 1.165) is 22.5 Å². The highest BCUT2D eigenvalue weighted by Gasteiger charge is 2.14. The van der Waals surface area contributed by atoms with Crippen molar-refractivity contribution in [3.05, 3.63) is 69.8 Å². The molecule has 0 aliphatic carbocycles. The van der Waals surface area contributed by atoms with Crippen LogP contribution in [0.4, 0.5) is 0 Å². The maximum atomic E-state index is 9.16. The van der Waals surface area contributed by atoms with Gasteiger partial charge in [0.25, 0.3) is 0 Å². The van der Waals surface area contributed by atoms with Gasteiger partial charge in [0.2, 0.25) is 0 Å². The quantitative estimate of drug-likeness (QED) is 0.662. The summed E-state index contributed by atoms with van der Waals surface area (Å²) >= 11 is 12.3. The zero-order chi connectivity index (χ0) is 15.7. The first-order valence-corrected chi connectivity index (χ1v) is 7.37. The molecule has 1 heterocycles. The zero-order valence-corrected chi connectivity index (χ0v) is 13.2. The number of hydrogen-bond donors (Lipinski definition) is 0. The fourth-order valence-corrected chi connectivity index (χ4v) is 2.79. The van der Waals surface area contributed by atoms with Crippen LogP contribution >= 0.6 is 23.2 Å². The van der Waals surface area contributed by atoms with Crippen LogP contribution in [0.15, 0.2) is 48.5 Å². The van der Waals surface area contributed by atoms with Crippen LogP contribution in [0.3, 0.4) is 0 Å². The summed E-state index contributed by atoms with van der Waals surface area (Å²) in [5.74, 6) is 0. The Kier molecular flexibility index (Phi) is 3.89. The van der Waals surface area contributed by atoms with Gasteiger partial charge in [-0.1, -0.05) is 35.3 Å². The predicted octanol–water partition coefficient (Wildman–Crippen LogP) is 5.03. The molecule has 0 N–H and O–H groups in total. The third-order valence-corrected chi connectivity index (χ3v) is 3.83. The Labute approximate surface area is 138 Å². The average Bonchev–Trinajstić information content (AvgIpc) is 2.91. The lowest BCUT2D eigenvalue weighted by atomic mass is 10.1. The van der Waals surface area contributed by atoms with Crippen molar-refractivity contribution in [2.75, 3.05) is 0 Å². The number of halogens is 2. The van der Waals surface area contributed by atoms with Gasteiger partial charge in [-0.3, -0.25) is 0 Å². The van der Waals surface area contributed by atoms with Gasteiger partial charge in [-0.15, -0.1) is 0 Å². The van der Waals surface area contributed by atoms with Gasteiger partial charge in [0.1, 0.15) is 6.07 Å². The minimum atomic E-state index is 0.336. The smallest absolute Gasteiger partial charge is 0.163 e. The molecule has 0 saturated carbocycles. The van der Waals surface area contributed by atoms with E-state index in [4.69, 9.17) is 28.5 Å². The predicted molar refractivity (Wildman–Crippen MR) is 88.5 cm³/mol. The van der Waals surface area contributed by atoms with Crippen LogP contribution < -0.4 is 0 Å². The van der Waals surface area contributed by atoms with E-state index < -0.39 is 0 Å². The average molecular weight is 328 g/mol. The van der Waals surface area contributed by atoms with E-state index in [1.54, 1.807) is 22.9 Å². The molecule has 0 unspecified atom stereocenters. The second kappa shape index (κ2) is 5.84. The summed E-state index contributed by atoms with van der Waals surface area (Å²) in [7, 11) is 0. The van der Waals surface area contributed by atoms with Crippen molar-refractivity contribution in [2.24, 2.45) is 0 Å². The van der Waals surface area contributed by atoms with Crippen molar-refractivity contribution >= 4 is 23.2 Å². The summed E-state index contributed by atoms with van der Waals surface area (Å²) in [6.07, 6.45) is 0. The second-order valence-corrected chi connectivity index (χ2v) is 5.75. The Morgan fingerprint density at radius 3 is 2.59 bits per heavy atom. The van der Waals surface area contributed by atoms with Gasteiger partial charge in [-0.2, -0.15) is 10.4 Å². The number of rotatable bonds is 2. The third kappa shape index (κ3) is 2.71. The Morgan fingerprint density at radius 1 is 1.09 bits per heavy atom. The molecule has 0 amide bonds. The topological polar surface area (TPSA) is 41.6 Å². The lowest BCUT2D eigenvalue weighted by molar-refractivity contribution is 0.879. The summed E-state index contributed by atoms with van der Waals surface area (Å²) in [6.45, 7) is 2.01. The van der Waals surface area contributed by atoms with Crippen molar-refractivity contribution < 1.29 is 0 Å². The van der Waals surface area contributed by atoms with Crippen molar-refractivity contribution in [1.29, 1.82) is 5.26 Å². The van der Waals surface area contributed by atoms with Crippen molar-refractivity contribution in [2.45, 2.75) is 6.92 Å². The van der Waals surface area contributed by atoms with Gasteiger partial charge >= 0.3 is 0 Å². The van der Waals surface area contributed by atoms with E-state index in [2.05, 4.69) is 11.2 Å². The number of aromatic nitrogens is 2. The molecular weight excluding hydrogens is 317 g/mol. The van der Waals surface area contributed by atoms with Crippen molar-refractivity contribution in [3.63, 3.8) is 0 Å². The molecule has 0 fully saturated rings. The molecule has 22 heavy (non-hydrogen) atoms. The molecule has 3 aromatic rings. The minimum absolute atomic E-state index is 0.336. The largest absolute Gasteiger partial charge is 0.232 e. The molecule has 0 saturated heterocycles. The third-order valence-electron chi connectivity index (χ3n) is 3.28. The fourth-order valence-electron chi connectivity index (χ4n) is 2.28. The maximum Gasteiger partial charge on any atom is 0.163 e. The van der Waals surface area contributed by atoms with E-state index in [1.807, 2.05) is 37.3 Å². The molecule has 0 spiro atoms. The highest BCUT2D eigenvalue weighted by atomic mass is 35.5. The molecule has 2 aromatic carbocycles. The molecule has 3 nitrogen and oxygen atoms in total. The lowest BCUT2D eigenvalue weighted by Crippen LogP contribution is -2.00. The summed E-state index contributed by atoms with van der Waals surface area (Å²) in [5, 5.41) is 14.6. The molecule has 108 valence electrons. The molecule has 0 bridgehead atoms. The SMILES string of the molecule is Cc1cccc(-n2nc(C#N)cc2-c2ccc(Cl)cc2Cl)c1. The lowest BCUT2D eigenvalue weighted by Gasteiger charge is -2.09. The van der Waals surface area contributed by atoms with Crippen LogP contribution in [-0.2, 0) is 0 Å². The van der Waals surface area contributed by atoms with Crippen LogP contribution in [-0.4, -0.2) is 9.78 Å². The number of aryl methyl sites for hydroxylation is 1. The zero-order valence-electron chi connectivity index (χ0n) is 11.7. The van der Waals surface area contributed by atoms with Gasteiger partial charge in [0, 0.05) is 16.7 Å². The molecular formula is C17H11Cl2N3.